The Hall–Kier alpha value is -2.38. The number of benzene rings is 1. The van der Waals surface area contributed by atoms with Crippen LogP contribution in [0, 0.1) is 10.1 Å². The molecular weight excluding hydrogens is 272 g/mol. The smallest absolute Gasteiger partial charge is 0.278 e. The van der Waals surface area contributed by atoms with E-state index in [9.17, 15) is 10.1 Å². The van der Waals surface area contributed by atoms with Gasteiger partial charge in [-0.05, 0) is 12.1 Å². The van der Waals surface area contributed by atoms with Gasteiger partial charge < -0.3 is 10.2 Å². The molecule has 0 bridgehead atoms. The van der Waals surface area contributed by atoms with Crippen molar-refractivity contribution in [2.75, 3.05) is 5.43 Å². The number of anilines is 1. The fourth-order valence-electron chi connectivity index (χ4n) is 1.36. The van der Waals surface area contributed by atoms with Gasteiger partial charge in [0.15, 0.2) is 5.82 Å². The highest BCUT2D eigenvalue weighted by molar-refractivity contribution is 6.32. The number of hydrazine groups is 1. The summed E-state index contributed by atoms with van der Waals surface area (Å²) in [6.07, 6.45) is 0. The molecule has 8 heteroatoms. The third-order valence-corrected chi connectivity index (χ3v) is 2.51. The SMILES string of the molecule is NNc1cc([N+](=O)[O-])cc(Oc2ccccc2Cl)n1. The van der Waals surface area contributed by atoms with Crippen molar-refractivity contribution in [1.82, 2.24) is 4.98 Å². The minimum absolute atomic E-state index is 0.0234. The molecule has 98 valence electrons. The van der Waals surface area contributed by atoms with Crippen LogP contribution >= 0.6 is 11.6 Å². The van der Waals surface area contributed by atoms with Crippen molar-refractivity contribution in [3.63, 3.8) is 0 Å². The summed E-state index contributed by atoms with van der Waals surface area (Å²) in [5.74, 6) is 5.69. The van der Waals surface area contributed by atoms with Crippen molar-refractivity contribution >= 4 is 23.1 Å². The highest BCUT2D eigenvalue weighted by atomic mass is 35.5. The van der Waals surface area contributed by atoms with Crippen molar-refractivity contribution in [3.05, 3.63) is 51.5 Å². The predicted octanol–water partition coefficient (Wildman–Crippen LogP) is 2.72. The summed E-state index contributed by atoms with van der Waals surface area (Å²) in [5, 5.41) is 11.1. The third kappa shape index (κ3) is 3.09. The molecule has 1 aromatic carbocycles. The largest absolute Gasteiger partial charge is 0.437 e. The summed E-state index contributed by atoms with van der Waals surface area (Å²) in [4.78, 5) is 14.2. The van der Waals surface area contributed by atoms with Crippen molar-refractivity contribution in [2.24, 2.45) is 5.84 Å². The lowest BCUT2D eigenvalue weighted by atomic mass is 10.3. The molecule has 0 unspecified atom stereocenters. The molecule has 0 saturated heterocycles. The standard InChI is InChI=1S/C11H9ClN4O3/c12-8-3-1-2-4-9(8)19-11-6-7(16(17)18)5-10(14-11)15-13/h1-6H,13H2,(H,14,15). The molecule has 0 amide bonds. The average molecular weight is 281 g/mol. The van der Waals surface area contributed by atoms with Crippen LogP contribution in [0.5, 0.6) is 11.6 Å². The van der Waals surface area contributed by atoms with E-state index in [0.717, 1.165) is 0 Å². The Labute approximate surface area is 113 Å². The Bertz CT molecular complexity index is 621. The summed E-state index contributed by atoms with van der Waals surface area (Å²) in [5.41, 5.74) is 2.04. The number of para-hydroxylation sites is 1. The number of aromatic nitrogens is 1. The lowest BCUT2D eigenvalue weighted by molar-refractivity contribution is -0.384. The molecule has 0 aliphatic rings. The minimum atomic E-state index is -0.567. The highest BCUT2D eigenvalue weighted by Gasteiger charge is 2.13. The van der Waals surface area contributed by atoms with E-state index < -0.39 is 4.92 Å². The number of nitrogens with two attached hydrogens (primary N) is 1. The van der Waals surface area contributed by atoms with Crippen molar-refractivity contribution in [2.45, 2.75) is 0 Å². The summed E-state index contributed by atoms with van der Waals surface area (Å²) < 4.78 is 5.40. The zero-order valence-corrected chi connectivity index (χ0v) is 10.3. The van der Waals surface area contributed by atoms with Gasteiger partial charge in [0.2, 0.25) is 5.88 Å². The zero-order valence-electron chi connectivity index (χ0n) is 9.54. The maximum absolute atomic E-state index is 10.8. The molecule has 0 aliphatic heterocycles. The fraction of sp³-hybridized carbons (Fsp3) is 0. The summed E-state index contributed by atoms with van der Waals surface area (Å²) in [6, 6.07) is 9.10. The van der Waals surface area contributed by atoms with Gasteiger partial charge in [0, 0.05) is 0 Å². The fourth-order valence-corrected chi connectivity index (χ4v) is 1.54. The van der Waals surface area contributed by atoms with Crippen LogP contribution in [0.15, 0.2) is 36.4 Å². The molecule has 0 atom stereocenters. The van der Waals surface area contributed by atoms with Crippen LogP contribution in [0.2, 0.25) is 5.02 Å². The maximum Gasteiger partial charge on any atom is 0.278 e. The zero-order chi connectivity index (χ0) is 13.8. The van der Waals surface area contributed by atoms with Gasteiger partial charge in [0.1, 0.15) is 5.75 Å². The number of nitrogens with one attached hydrogen (secondary N) is 1. The molecule has 0 aliphatic carbocycles. The quantitative estimate of drug-likeness (QED) is 0.507. The number of halogens is 1. The van der Waals surface area contributed by atoms with Gasteiger partial charge in [-0.15, -0.1) is 0 Å². The van der Waals surface area contributed by atoms with E-state index in [2.05, 4.69) is 10.4 Å². The lowest BCUT2D eigenvalue weighted by Gasteiger charge is -2.07. The van der Waals surface area contributed by atoms with E-state index in [1.165, 1.54) is 12.1 Å². The molecule has 19 heavy (non-hydrogen) atoms. The Morgan fingerprint density at radius 2 is 2.11 bits per heavy atom. The number of hydrogen-bond donors (Lipinski definition) is 2. The molecule has 2 aromatic rings. The first-order chi connectivity index (χ1) is 9.10. The molecule has 1 heterocycles. The third-order valence-electron chi connectivity index (χ3n) is 2.20. The normalized spacial score (nSPS) is 10.0. The van der Waals surface area contributed by atoms with Crippen LogP contribution < -0.4 is 16.0 Å². The molecule has 0 fully saturated rings. The Kier molecular flexibility index (Phi) is 3.79. The number of rotatable bonds is 4. The summed E-state index contributed by atoms with van der Waals surface area (Å²) in [6.45, 7) is 0. The van der Waals surface area contributed by atoms with Gasteiger partial charge in [0.25, 0.3) is 5.69 Å². The Morgan fingerprint density at radius 1 is 1.37 bits per heavy atom. The molecule has 0 spiro atoms. The predicted molar refractivity (Wildman–Crippen MR) is 70.2 cm³/mol. The Balaban J connectivity index is 2.37. The molecule has 1 aromatic heterocycles. The first kappa shape index (κ1) is 13.1. The molecule has 0 saturated carbocycles. The van der Waals surface area contributed by atoms with Crippen molar-refractivity contribution in [3.8, 4) is 11.6 Å². The maximum atomic E-state index is 10.8. The topological polar surface area (TPSA) is 103 Å². The molecule has 0 radical (unpaired) electrons. The molecule has 7 nitrogen and oxygen atoms in total. The highest BCUT2D eigenvalue weighted by Crippen LogP contribution is 2.30. The number of hydrogen-bond acceptors (Lipinski definition) is 6. The van der Waals surface area contributed by atoms with Crippen molar-refractivity contribution in [1.29, 1.82) is 0 Å². The molecule has 3 N–H and O–H groups in total. The van der Waals surface area contributed by atoms with Gasteiger partial charge in [0.05, 0.1) is 22.1 Å². The number of nitrogens with zero attached hydrogens (tertiary/aromatic N) is 2. The van der Waals surface area contributed by atoms with E-state index in [1.807, 2.05) is 0 Å². The first-order valence-electron chi connectivity index (χ1n) is 5.15. The van der Waals surface area contributed by atoms with Gasteiger partial charge in [-0.1, -0.05) is 23.7 Å². The monoisotopic (exact) mass is 280 g/mol. The van der Waals surface area contributed by atoms with Crippen LogP contribution in [-0.4, -0.2) is 9.91 Å². The Morgan fingerprint density at radius 3 is 2.74 bits per heavy atom. The summed E-state index contributed by atoms with van der Waals surface area (Å²) in [7, 11) is 0. The van der Waals surface area contributed by atoms with Gasteiger partial charge in [-0.2, -0.15) is 4.98 Å². The van der Waals surface area contributed by atoms with Crippen LogP contribution in [0.3, 0.4) is 0 Å². The lowest BCUT2D eigenvalue weighted by Crippen LogP contribution is -2.09. The van der Waals surface area contributed by atoms with Crippen LogP contribution in [0.1, 0.15) is 0 Å². The number of pyridine rings is 1. The average Bonchev–Trinajstić information content (AvgIpc) is 2.41. The number of nitro groups is 1. The van der Waals surface area contributed by atoms with E-state index in [-0.39, 0.29) is 17.4 Å². The van der Waals surface area contributed by atoms with Crippen molar-refractivity contribution < 1.29 is 9.66 Å². The first-order valence-corrected chi connectivity index (χ1v) is 5.53. The van der Waals surface area contributed by atoms with Crippen LogP contribution in [-0.2, 0) is 0 Å². The number of nitrogen functional groups attached to an aromatic ring is 1. The van der Waals surface area contributed by atoms with Crippen LogP contribution in [0.25, 0.3) is 0 Å². The number of ether oxygens (including phenoxy) is 1. The van der Waals surface area contributed by atoms with Crippen LogP contribution in [0.4, 0.5) is 11.5 Å². The second kappa shape index (κ2) is 5.51. The van der Waals surface area contributed by atoms with Gasteiger partial charge in [-0.3, -0.25) is 10.1 Å². The van der Waals surface area contributed by atoms with E-state index >= 15 is 0 Å². The second-order valence-corrected chi connectivity index (χ2v) is 3.89. The van der Waals surface area contributed by atoms with E-state index in [4.69, 9.17) is 22.2 Å². The minimum Gasteiger partial charge on any atom is -0.437 e. The van der Waals surface area contributed by atoms with Gasteiger partial charge in [-0.25, -0.2) is 5.84 Å². The summed E-state index contributed by atoms with van der Waals surface area (Å²) >= 11 is 5.92. The molecular formula is C11H9ClN4O3. The second-order valence-electron chi connectivity index (χ2n) is 3.48. The van der Waals surface area contributed by atoms with E-state index in [0.29, 0.717) is 10.8 Å². The van der Waals surface area contributed by atoms with E-state index in [1.54, 1.807) is 24.3 Å². The molecule has 2 rings (SSSR count). The van der Waals surface area contributed by atoms with Gasteiger partial charge >= 0.3 is 0 Å².